The summed E-state index contributed by atoms with van der Waals surface area (Å²) >= 11 is 0. The van der Waals surface area contributed by atoms with Crippen LogP contribution in [0.5, 0.6) is 0 Å². The Morgan fingerprint density at radius 3 is 2.42 bits per heavy atom. The van der Waals surface area contributed by atoms with Crippen LogP contribution in [0.2, 0.25) is 18.1 Å². The molecule has 4 rings (SSSR count). The third-order valence-corrected chi connectivity index (χ3v) is 13.0. The molecule has 1 fully saturated rings. The van der Waals surface area contributed by atoms with Crippen LogP contribution in [-0.2, 0) is 10.8 Å². The molecule has 2 aromatic heterocycles. The van der Waals surface area contributed by atoms with Gasteiger partial charge in [-0.05, 0) is 92.6 Å². The molecule has 0 amide bonds. The van der Waals surface area contributed by atoms with Gasteiger partial charge in [0.25, 0.3) is 0 Å². The molecule has 3 aromatic rings. The van der Waals surface area contributed by atoms with Gasteiger partial charge < -0.3 is 8.99 Å². The average molecular weight is 509 g/mol. The first-order chi connectivity index (χ1) is 16.9. The Hall–Kier alpha value is -2.31. The standard InChI is InChI=1S/C30H41FN2O2Si/c1-22(35-36(5,6)29(2,3)4)19-30(16-8-7-9-17-30)20-23-21-33(25-14-12-24(31)13-15-25)28-26(27(23)34)11-10-18-32-28/h10-15,18,21-22H,7-9,16-17,19-20H2,1-6H3. The molecule has 36 heavy (non-hydrogen) atoms. The maximum atomic E-state index is 13.7. The highest BCUT2D eigenvalue weighted by Crippen LogP contribution is 2.45. The highest BCUT2D eigenvalue weighted by atomic mass is 28.4. The van der Waals surface area contributed by atoms with Gasteiger partial charge in [0.05, 0.1) is 5.39 Å². The molecule has 0 bridgehead atoms. The second kappa shape index (κ2) is 10.2. The number of hydrogen-bond donors (Lipinski definition) is 0. The lowest BCUT2D eigenvalue weighted by atomic mass is 9.67. The van der Waals surface area contributed by atoms with E-state index in [9.17, 15) is 9.18 Å². The number of halogens is 1. The molecule has 1 aromatic carbocycles. The summed E-state index contributed by atoms with van der Waals surface area (Å²) in [5.41, 5.74) is 2.30. The van der Waals surface area contributed by atoms with Crippen molar-refractivity contribution in [2.45, 2.75) is 96.9 Å². The summed E-state index contributed by atoms with van der Waals surface area (Å²) in [5, 5.41) is 0.769. The molecule has 6 heteroatoms. The maximum absolute atomic E-state index is 13.7. The number of pyridine rings is 2. The minimum absolute atomic E-state index is 0.0374. The van der Waals surface area contributed by atoms with Crippen molar-refractivity contribution in [3.63, 3.8) is 0 Å². The largest absolute Gasteiger partial charge is 0.414 e. The summed E-state index contributed by atoms with van der Waals surface area (Å²) in [7, 11) is -1.89. The van der Waals surface area contributed by atoms with Crippen LogP contribution >= 0.6 is 0 Å². The van der Waals surface area contributed by atoms with Crippen molar-refractivity contribution in [1.82, 2.24) is 9.55 Å². The van der Waals surface area contributed by atoms with Gasteiger partial charge in [-0.2, -0.15) is 0 Å². The SMILES string of the molecule is CC(CC1(Cc2cn(-c3ccc(F)cc3)c3ncccc3c2=O)CCCCC1)O[Si](C)(C)C(C)(C)C. The van der Waals surface area contributed by atoms with E-state index in [-0.39, 0.29) is 27.8 Å². The quantitative estimate of drug-likeness (QED) is 0.306. The van der Waals surface area contributed by atoms with E-state index in [1.54, 1.807) is 18.3 Å². The number of hydrogen-bond acceptors (Lipinski definition) is 3. The number of fused-ring (bicyclic) bond motifs is 1. The van der Waals surface area contributed by atoms with Gasteiger partial charge in [-0.3, -0.25) is 4.79 Å². The van der Waals surface area contributed by atoms with Gasteiger partial charge in [0.1, 0.15) is 11.5 Å². The van der Waals surface area contributed by atoms with Crippen LogP contribution in [0.1, 0.15) is 71.8 Å². The predicted molar refractivity (Wildman–Crippen MR) is 149 cm³/mol. The molecular formula is C30H41FN2O2Si. The number of aromatic nitrogens is 2. The molecule has 0 spiro atoms. The first-order valence-corrected chi connectivity index (χ1v) is 16.2. The minimum Gasteiger partial charge on any atom is -0.414 e. The third-order valence-electron chi connectivity index (χ3n) is 8.44. The molecule has 1 saturated carbocycles. The molecular weight excluding hydrogens is 467 g/mol. The summed E-state index contributed by atoms with van der Waals surface area (Å²) in [5.74, 6) is -0.283. The van der Waals surface area contributed by atoms with E-state index in [1.165, 1.54) is 31.4 Å². The summed E-state index contributed by atoms with van der Waals surface area (Å²) in [6.07, 6.45) is 11.3. The molecule has 1 unspecified atom stereocenters. The van der Waals surface area contributed by atoms with Gasteiger partial charge in [0, 0.05) is 29.7 Å². The van der Waals surface area contributed by atoms with E-state index < -0.39 is 8.32 Å². The van der Waals surface area contributed by atoms with E-state index in [4.69, 9.17) is 4.43 Å². The van der Waals surface area contributed by atoms with Gasteiger partial charge in [0.15, 0.2) is 13.7 Å². The molecule has 0 N–H and O–H groups in total. The fourth-order valence-corrected chi connectivity index (χ4v) is 7.07. The highest BCUT2D eigenvalue weighted by Gasteiger charge is 2.41. The van der Waals surface area contributed by atoms with Crippen molar-refractivity contribution in [3.8, 4) is 5.69 Å². The fourth-order valence-electron chi connectivity index (χ4n) is 5.63. The van der Waals surface area contributed by atoms with E-state index >= 15 is 0 Å². The van der Waals surface area contributed by atoms with Crippen LogP contribution in [0.15, 0.2) is 53.6 Å². The number of benzene rings is 1. The van der Waals surface area contributed by atoms with Crippen LogP contribution in [0, 0.1) is 11.2 Å². The van der Waals surface area contributed by atoms with Gasteiger partial charge in [-0.15, -0.1) is 0 Å². The fraction of sp³-hybridized carbons (Fsp3) is 0.533. The molecule has 4 nitrogen and oxygen atoms in total. The van der Waals surface area contributed by atoms with Crippen molar-refractivity contribution in [1.29, 1.82) is 0 Å². The Morgan fingerprint density at radius 2 is 1.78 bits per heavy atom. The number of rotatable bonds is 7. The lowest BCUT2D eigenvalue weighted by molar-refractivity contribution is 0.0849. The Balaban J connectivity index is 1.72. The molecule has 1 atom stereocenters. The topological polar surface area (TPSA) is 44.1 Å². The van der Waals surface area contributed by atoms with E-state index in [2.05, 4.69) is 45.8 Å². The average Bonchev–Trinajstić information content (AvgIpc) is 2.81. The normalized spacial score (nSPS) is 17.3. The molecule has 0 radical (unpaired) electrons. The van der Waals surface area contributed by atoms with E-state index in [1.807, 2.05) is 22.9 Å². The lowest BCUT2D eigenvalue weighted by Crippen LogP contribution is -2.45. The van der Waals surface area contributed by atoms with Crippen LogP contribution in [0.25, 0.3) is 16.7 Å². The zero-order valence-corrected chi connectivity index (χ0v) is 23.7. The minimum atomic E-state index is -1.89. The van der Waals surface area contributed by atoms with Crippen molar-refractivity contribution < 1.29 is 8.82 Å². The van der Waals surface area contributed by atoms with Crippen LogP contribution in [0.3, 0.4) is 0 Å². The predicted octanol–water partition coefficient (Wildman–Crippen LogP) is 7.82. The second-order valence-corrected chi connectivity index (χ2v) is 17.1. The summed E-state index contributed by atoms with van der Waals surface area (Å²) in [6.45, 7) is 13.7. The van der Waals surface area contributed by atoms with E-state index in [0.717, 1.165) is 36.9 Å². The van der Waals surface area contributed by atoms with Gasteiger partial charge in [0.2, 0.25) is 0 Å². The summed E-state index contributed by atoms with van der Waals surface area (Å²) in [6, 6.07) is 10.0. The van der Waals surface area contributed by atoms with Crippen LogP contribution < -0.4 is 5.43 Å². The zero-order chi connectivity index (χ0) is 26.1. The lowest BCUT2D eigenvalue weighted by Gasteiger charge is -2.43. The highest BCUT2D eigenvalue weighted by molar-refractivity contribution is 6.74. The van der Waals surface area contributed by atoms with Gasteiger partial charge in [-0.25, -0.2) is 9.37 Å². The molecule has 0 saturated heterocycles. The Bertz CT molecular complexity index is 1250. The summed E-state index contributed by atoms with van der Waals surface area (Å²) in [4.78, 5) is 18.2. The smallest absolute Gasteiger partial charge is 0.194 e. The van der Waals surface area contributed by atoms with Crippen LogP contribution in [0.4, 0.5) is 4.39 Å². The molecule has 1 aliphatic carbocycles. The maximum Gasteiger partial charge on any atom is 0.194 e. The van der Waals surface area contributed by atoms with Crippen molar-refractivity contribution >= 4 is 19.4 Å². The Kier molecular flexibility index (Phi) is 7.59. The molecule has 2 heterocycles. The van der Waals surface area contributed by atoms with Crippen molar-refractivity contribution in [2.75, 3.05) is 0 Å². The Morgan fingerprint density at radius 1 is 1.11 bits per heavy atom. The zero-order valence-electron chi connectivity index (χ0n) is 22.7. The second-order valence-electron chi connectivity index (χ2n) is 12.3. The van der Waals surface area contributed by atoms with Crippen LogP contribution in [-0.4, -0.2) is 24.0 Å². The monoisotopic (exact) mass is 508 g/mol. The molecule has 194 valence electrons. The van der Waals surface area contributed by atoms with Gasteiger partial charge >= 0.3 is 0 Å². The van der Waals surface area contributed by atoms with E-state index in [0.29, 0.717) is 11.0 Å². The van der Waals surface area contributed by atoms with Crippen molar-refractivity contribution in [2.24, 2.45) is 5.41 Å². The number of nitrogens with zero attached hydrogens (tertiary/aromatic N) is 2. The molecule has 0 aliphatic heterocycles. The van der Waals surface area contributed by atoms with Crippen molar-refractivity contribution in [3.05, 3.63) is 70.4 Å². The molecule has 1 aliphatic rings. The van der Waals surface area contributed by atoms with Gasteiger partial charge in [-0.1, -0.05) is 40.0 Å². The Labute approximate surface area is 216 Å². The summed E-state index contributed by atoms with van der Waals surface area (Å²) < 4.78 is 22.4. The third kappa shape index (κ3) is 5.65. The first kappa shape index (κ1) is 26.7. The first-order valence-electron chi connectivity index (χ1n) is 13.3.